The second-order valence-corrected chi connectivity index (χ2v) is 4.17. The summed E-state index contributed by atoms with van der Waals surface area (Å²) in [5.41, 5.74) is 0.252. The van der Waals surface area contributed by atoms with Crippen molar-refractivity contribution in [2.75, 3.05) is 11.4 Å². The molecule has 2 rings (SSSR count). The van der Waals surface area contributed by atoms with Crippen molar-refractivity contribution in [3.63, 3.8) is 0 Å². The number of nitrogens with zero attached hydrogens (tertiary/aromatic N) is 2. The number of benzene rings is 1. The van der Waals surface area contributed by atoms with Crippen molar-refractivity contribution in [2.24, 2.45) is 0 Å². The maximum Gasteiger partial charge on any atom is 0.408 e. The summed E-state index contributed by atoms with van der Waals surface area (Å²) >= 11 is 0. The summed E-state index contributed by atoms with van der Waals surface area (Å²) in [5.74, 6) is 0. The highest BCUT2D eigenvalue weighted by Gasteiger charge is 2.45. The van der Waals surface area contributed by atoms with Gasteiger partial charge in [0.15, 0.2) is 0 Å². The molecule has 0 N–H and O–H groups in total. The highest BCUT2D eigenvalue weighted by molar-refractivity contribution is 5.52. The fourth-order valence-electron chi connectivity index (χ4n) is 2.18. The zero-order valence-corrected chi connectivity index (χ0v) is 9.35. The first kappa shape index (κ1) is 12.7. The molecule has 0 saturated carbocycles. The number of nitro benzene ring substituents is 1. The van der Waals surface area contributed by atoms with Crippen LogP contribution in [0.15, 0.2) is 24.3 Å². The minimum absolute atomic E-state index is 0.0699. The number of anilines is 1. The van der Waals surface area contributed by atoms with E-state index < -0.39 is 17.1 Å². The third-order valence-corrected chi connectivity index (χ3v) is 3.02. The zero-order valence-electron chi connectivity index (χ0n) is 9.35. The third kappa shape index (κ3) is 2.39. The van der Waals surface area contributed by atoms with Gasteiger partial charge in [0.2, 0.25) is 0 Å². The van der Waals surface area contributed by atoms with Crippen LogP contribution in [0.2, 0.25) is 0 Å². The van der Waals surface area contributed by atoms with Crippen molar-refractivity contribution in [1.29, 1.82) is 0 Å². The van der Waals surface area contributed by atoms with Crippen LogP contribution in [0.1, 0.15) is 12.8 Å². The molecular formula is C11H11F3N2O2. The third-order valence-electron chi connectivity index (χ3n) is 3.02. The topological polar surface area (TPSA) is 46.4 Å². The molecule has 18 heavy (non-hydrogen) atoms. The molecular weight excluding hydrogens is 249 g/mol. The number of hydrogen-bond acceptors (Lipinski definition) is 3. The number of nitro groups is 1. The minimum atomic E-state index is -4.27. The van der Waals surface area contributed by atoms with E-state index in [9.17, 15) is 23.3 Å². The molecule has 1 aromatic carbocycles. The molecule has 1 fully saturated rings. The first-order chi connectivity index (χ1) is 8.39. The van der Waals surface area contributed by atoms with E-state index in [1.807, 2.05) is 0 Å². The summed E-state index contributed by atoms with van der Waals surface area (Å²) in [6.45, 7) is 0.321. The summed E-state index contributed by atoms with van der Waals surface area (Å²) in [7, 11) is 0. The molecule has 0 bridgehead atoms. The first-order valence-corrected chi connectivity index (χ1v) is 5.47. The van der Waals surface area contributed by atoms with E-state index in [1.165, 1.54) is 29.2 Å². The molecule has 0 spiro atoms. The maximum atomic E-state index is 12.8. The lowest BCUT2D eigenvalue weighted by molar-refractivity contribution is -0.384. The van der Waals surface area contributed by atoms with Crippen LogP contribution in [0.4, 0.5) is 24.5 Å². The van der Waals surface area contributed by atoms with E-state index in [2.05, 4.69) is 0 Å². The summed E-state index contributed by atoms with van der Waals surface area (Å²) in [6.07, 6.45) is -3.72. The van der Waals surface area contributed by atoms with Crippen LogP contribution >= 0.6 is 0 Å². The van der Waals surface area contributed by atoms with Gasteiger partial charge >= 0.3 is 6.18 Å². The quantitative estimate of drug-likeness (QED) is 0.606. The molecule has 0 amide bonds. The Labute approximate surface area is 101 Å². The average Bonchev–Trinajstić information content (AvgIpc) is 2.77. The van der Waals surface area contributed by atoms with Gasteiger partial charge in [-0.3, -0.25) is 10.1 Å². The predicted octanol–water partition coefficient (Wildman–Crippen LogP) is 3.13. The van der Waals surface area contributed by atoms with Gasteiger partial charge in [-0.15, -0.1) is 0 Å². The Balaban J connectivity index is 2.23. The zero-order chi connectivity index (χ0) is 13.3. The van der Waals surface area contributed by atoms with Gasteiger partial charge in [0.1, 0.15) is 6.04 Å². The van der Waals surface area contributed by atoms with Gasteiger partial charge < -0.3 is 4.90 Å². The Morgan fingerprint density at radius 2 is 1.89 bits per heavy atom. The summed E-state index contributed by atoms with van der Waals surface area (Å²) in [6, 6.07) is 3.69. The van der Waals surface area contributed by atoms with Crippen LogP contribution in [-0.2, 0) is 0 Å². The van der Waals surface area contributed by atoms with E-state index in [1.54, 1.807) is 0 Å². The lowest BCUT2D eigenvalue weighted by Crippen LogP contribution is -2.41. The molecule has 1 atom stereocenters. The van der Waals surface area contributed by atoms with Gasteiger partial charge in [0, 0.05) is 24.4 Å². The van der Waals surface area contributed by atoms with Crippen molar-refractivity contribution in [1.82, 2.24) is 0 Å². The minimum Gasteiger partial charge on any atom is -0.360 e. The number of halogens is 3. The average molecular weight is 260 g/mol. The van der Waals surface area contributed by atoms with E-state index in [0.29, 0.717) is 18.7 Å². The number of alkyl halides is 3. The van der Waals surface area contributed by atoms with Crippen LogP contribution in [0.25, 0.3) is 0 Å². The fraction of sp³-hybridized carbons (Fsp3) is 0.455. The molecule has 1 aromatic rings. The number of non-ortho nitro benzene ring substituents is 1. The predicted molar refractivity (Wildman–Crippen MR) is 59.5 cm³/mol. The van der Waals surface area contributed by atoms with Crippen LogP contribution < -0.4 is 4.90 Å². The van der Waals surface area contributed by atoms with Crippen LogP contribution in [0.3, 0.4) is 0 Å². The van der Waals surface area contributed by atoms with Gasteiger partial charge in [-0.05, 0) is 25.0 Å². The molecule has 1 aliphatic rings. The molecule has 0 aliphatic carbocycles. The summed E-state index contributed by atoms with van der Waals surface area (Å²) in [4.78, 5) is 11.1. The van der Waals surface area contributed by atoms with E-state index >= 15 is 0 Å². The van der Waals surface area contributed by atoms with Gasteiger partial charge in [-0.2, -0.15) is 13.2 Å². The fourth-order valence-corrected chi connectivity index (χ4v) is 2.18. The van der Waals surface area contributed by atoms with Crippen molar-refractivity contribution in [3.8, 4) is 0 Å². The van der Waals surface area contributed by atoms with Gasteiger partial charge in [-0.25, -0.2) is 0 Å². The second-order valence-electron chi connectivity index (χ2n) is 4.17. The second kappa shape index (κ2) is 4.47. The molecule has 1 saturated heterocycles. The molecule has 98 valence electrons. The molecule has 0 aromatic heterocycles. The molecule has 4 nitrogen and oxygen atoms in total. The van der Waals surface area contributed by atoms with Gasteiger partial charge in [0.25, 0.3) is 5.69 Å². The standard InChI is InChI=1S/C11H11F3N2O2/c12-11(13,14)10-2-1-7-15(10)8-3-5-9(6-4-8)16(17)18/h3-6,10H,1-2,7H2. The lowest BCUT2D eigenvalue weighted by Gasteiger charge is -2.28. The molecule has 0 radical (unpaired) electrons. The van der Waals surface area contributed by atoms with Gasteiger partial charge in [-0.1, -0.05) is 0 Å². The van der Waals surface area contributed by atoms with Crippen molar-refractivity contribution >= 4 is 11.4 Å². The number of hydrogen-bond donors (Lipinski definition) is 0. The Kier molecular flexibility index (Phi) is 3.14. The smallest absolute Gasteiger partial charge is 0.360 e. The summed E-state index contributed by atoms with van der Waals surface area (Å²) in [5, 5.41) is 10.5. The normalized spacial score (nSPS) is 20.2. The Morgan fingerprint density at radius 3 is 2.39 bits per heavy atom. The molecule has 1 heterocycles. The Hall–Kier alpha value is -1.79. The van der Waals surface area contributed by atoms with Gasteiger partial charge in [0.05, 0.1) is 4.92 Å². The molecule has 1 aliphatic heterocycles. The monoisotopic (exact) mass is 260 g/mol. The highest BCUT2D eigenvalue weighted by Crippen LogP contribution is 2.36. The Morgan fingerprint density at radius 1 is 1.28 bits per heavy atom. The van der Waals surface area contributed by atoms with Crippen molar-refractivity contribution in [2.45, 2.75) is 25.1 Å². The summed E-state index contributed by atoms with van der Waals surface area (Å²) < 4.78 is 38.3. The van der Waals surface area contributed by atoms with E-state index in [0.717, 1.165) is 0 Å². The molecule has 1 unspecified atom stereocenters. The van der Waals surface area contributed by atoms with Crippen LogP contribution in [0, 0.1) is 10.1 Å². The lowest BCUT2D eigenvalue weighted by atomic mass is 10.2. The van der Waals surface area contributed by atoms with Crippen LogP contribution in [-0.4, -0.2) is 23.7 Å². The van der Waals surface area contributed by atoms with Crippen LogP contribution in [0.5, 0.6) is 0 Å². The maximum absolute atomic E-state index is 12.8. The Bertz CT molecular complexity index is 445. The SMILES string of the molecule is O=[N+]([O-])c1ccc(N2CCCC2C(F)(F)F)cc1. The highest BCUT2D eigenvalue weighted by atomic mass is 19.4. The van der Waals surface area contributed by atoms with Crippen molar-refractivity contribution < 1.29 is 18.1 Å². The first-order valence-electron chi connectivity index (χ1n) is 5.47. The number of rotatable bonds is 2. The van der Waals surface area contributed by atoms with E-state index in [-0.39, 0.29) is 12.1 Å². The van der Waals surface area contributed by atoms with E-state index in [4.69, 9.17) is 0 Å². The van der Waals surface area contributed by atoms with Crippen molar-refractivity contribution in [3.05, 3.63) is 34.4 Å². The molecule has 7 heteroatoms. The largest absolute Gasteiger partial charge is 0.408 e.